The van der Waals surface area contributed by atoms with Gasteiger partial charge in [0.2, 0.25) is 0 Å². The van der Waals surface area contributed by atoms with E-state index in [1.807, 2.05) is 0 Å². The molecule has 0 unspecified atom stereocenters. The van der Waals surface area contributed by atoms with Gasteiger partial charge in [-0.15, -0.1) is 0 Å². The molecule has 1 aromatic heterocycles. The number of rotatable bonds is 5. The van der Waals surface area contributed by atoms with Gasteiger partial charge in [0.05, 0.1) is 18.4 Å². The summed E-state index contributed by atoms with van der Waals surface area (Å²) in [5.74, 6) is -0.292. The molecule has 0 spiro atoms. The first-order valence-corrected chi connectivity index (χ1v) is 9.17. The molecule has 0 aliphatic heterocycles. The van der Waals surface area contributed by atoms with Crippen LogP contribution in [0.5, 0.6) is 5.75 Å². The normalized spacial score (nSPS) is 12.1. The van der Waals surface area contributed by atoms with Gasteiger partial charge in [-0.05, 0) is 41.5 Å². The van der Waals surface area contributed by atoms with E-state index in [4.69, 9.17) is 9.15 Å². The number of sulfone groups is 1. The summed E-state index contributed by atoms with van der Waals surface area (Å²) in [6.07, 6.45) is 1.27. The van der Waals surface area contributed by atoms with Gasteiger partial charge in [-0.2, -0.15) is 5.26 Å². The van der Waals surface area contributed by atoms with Gasteiger partial charge in [0.15, 0.2) is 15.4 Å². The molecule has 0 aliphatic rings. The maximum absolute atomic E-state index is 12.6. The summed E-state index contributed by atoms with van der Waals surface area (Å²) in [5, 5.41) is 9.31. The van der Waals surface area contributed by atoms with Gasteiger partial charge in [0.25, 0.3) is 0 Å². The van der Waals surface area contributed by atoms with Gasteiger partial charge < -0.3 is 9.15 Å². The van der Waals surface area contributed by atoms with Crippen LogP contribution in [0.1, 0.15) is 11.1 Å². The highest BCUT2D eigenvalue weighted by atomic mass is 32.2. The second kappa shape index (κ2) is 6.90. The SMILES string of the molecule is COc1ccc(CS(=O)(=O)/C(C#N)=C/c2ccc3oc(=O)[nH]c3c2)cc1. The Labute approximate surface area is 149 Å². The van der Waals surface area contributed by atoms with Crippen molar-refractivity contribution >= 4 is 27.0 Å². The fourth-order valence-electron chi connectivity index (χ4n) is 2.42. The molecule has 0 saturated heterocycles. The summed E-state index contributed by atoms with van der Waals surface area (Å²) < 4.78 is 35.1. The number of hydrogen-bond donors (Lipinski definition) is 1. The summed E-state index contributed by atoms with van der Waals surface area (Å²) in [7, 11) is -2.31. The lowest BCUT2D eigenvalue weighted by Gasteiger charge is -2.05. The van der Waals surface area contributed by atoms with Crippen LogP contribution in [0.4, 0.5) is 0 Å². The molecule has 1 N–H and O–H groups in total. The lowest BCUT2D eigenvalue weighted by Crippen LogP contribution is -2.06. The third-order valence-corrected chi connectivity index (χ3v) is 5.29. The van der Waals surface area contributed by atoms with Crippen molar-refractivity contribution in [2.24, 2.45) is 0 Å². The molecule has 7 nitrogen and oxygen atoms in total. The van der Waals surface area contributed by atoms with E-state index in [1.165, 1.54) is 19.3 Å². The molecule has 3 rings (SSSR count). The van der Waals surface area contributed by atoms with E-state index >= 15 is 0 Å². The van der Waals surface area contributed by atoms with Crippen LogP contribution in [0.25, 0.3) is 17.2 Å². The van der Waals surface area contributed by atoms with E-state index < -0.39 is 15.6 Å². The van der Waals surface area contributed by atoms with E-state index in [0.717, 1.165) is 0 Å². The Bertz CT molecular complexity index is 1180. The number of fused-ring (bicyclic) bond motifs is 1. The monoisotopic (exact) mass is 370 g/mol. The van der Waals surface area contributed by atoms with Crippen molar-refractivity contribution in [3.8, 4) is 11.8 Å². The predicted molar refractivity (Wildman–Crippen MR) is 96.0 cm³/mol. The van der Waals surface area contributed by atoms with Crippen molar-refractivity contribution in [2.75, 3.05) is 7.11 Å². The molecule has 8 heteroatoms. The molecule has 0 atom stereocenters. The second-order valence-electron chi connectivity index (χ2n) is 5.50. The number of oxazole rings is 1. The highest BCUT2D eigenvalue weighted by Gasteiger charge is 2.19. The van der Waals surface area contributed by atoms with Crippen LogP contribution < -0.4 is 10.5 Å². The zero-order chi connectivity index (χ0) is 18.7. The standard InChI is InChI=1S/C18H14N2O5S/c1-24-14-5-2-12(3-6-14)11-26(22,23)15(10-19)8-13-4-7-17-16(9-13)20-18(21)25-17/h2-9H,11H2,1H3,(H,20,21)/b15-8+. The van der Waals surface area contributed by atoms with E-state index in [9.17, 15) is 18.5 Å². The second-order valence-corrected chi connectivity index (χ2v) is 7.46. The van der Waals surface area contributed by atoms with E-state index in [1.54, 1.807) is 42.5 Å². The third-order valence-electron chi connectivity index (χ3n) is 3.70. The molecular weight excluding hydrogens is 356 g/mol. The molecule has 1 heterocycles. The van der Waals surface area contributed by atoms with Crippen molar-refractivity contribution in [1.82, 2.24) is 4.98 Å². The first-order valence-electron chi connectivity index (χ1n) is 7.51. The van der Waals surface area contributed by atoms with E-state index in [0.29, 0.717) is 28.0 Å². The van der Waals surface area contributed by atoms with Crippen molar-refractivity contribution in [1.29, 1.82) is 5.26 Å². The van der Waals surface area contributed by atoms with E-state index in [-0.39, 0.29) is 10.7 Å². The Hall–Kier alpha value is -3.31. The summed E-state index contributed by atoms with van der Waals surface area (Å²) >= 11 is 0. The molecule has 0 radical (unpaired) electrons. The molecule has 0 saturated carbocycles. The smallest absolute Gasteiger partial charge is 0.417 e. The average molecular weight is 370 g/mol. The lowest BCUT2D eigenvalue weighted by molar-refractivity contribution is 0.414. The zero-order valence-corrected chi connectivity index (χ0v) is 14.5. The zero-order valence-electron chi connectivity index (χ0n) is 13.7. The van der Waals surface area contributed by atoms with Gasteiger partial charge in [-0.25, -0.2) is 13.2 Å². The number of nitrogens with one attached hydrogen (secondary N) is 1. The number of H-pyrrole nitrogens is 1. The fraction of sp³-hybridized carbons (Fsp3) is 0.111. The number of aromatic nitrogens is 1. The molecular formula is C18H14N2O5S. The molecule has 0 amide bonds. The Morgan fingerprint density at radius 3 is 2.65 bits per heavy atom. The quantitative estimate of drug-likeness (QED) is 0.691. The minimum Gasteiger partial charge on any atom is -0.497 e. The number of nitrogens with zero attached hydrogens (tertiary/aromatic N) is 1. The van der Waals surface area contributed by atoms with Gasteiger partial charge in [-0.3, -0.25) is 4.98 Å². The number of aromatic amines is 1. The highest BCUT2D eigenvalue weighted by Crippen LogP contribution is 2.21. The minimum atomic E-state index is -3.83. The van der Waals surface area contributed by atoms with Crippen LogP contribution in [-0.4, -0.2) is 20.5 Å². The molecule has 0 fully saturated rings. The number of nitriles is 1. The Balaban J connectivity index is 1.92. The predicted octanol–water partition coefficient (Wildman–Crippen LogP) is 2.61. The first kappa shape index (κ1) is 17.5. The maximum Gasteiger partial charge on any atom is 0.417 e. The molecule has 0 aliphatic carbocycles. The summed E-state index contributed by atoms with van der Waals surface area (Å²) in [5.41, 5.74) is 1.78. The minimum absolute atomic E-state index is 0.304. The Morgan fingerprint density at radius 1 is 1.27 bits per heavy atom. The molecule has 3 aromatic rings. The maximum atomic E-state index is 12.6. The number of ether oxygens (including phenoxy) is 1. The highest BCUT2D eigenvalue weighted by molar-refractivity contribution is 7.95. The third kappa shape index (κ3) is 3.68. The van der Waals surface area contributed by atoms with Crippen LogP contribution in [0.15, 0.2) is 56.6 Å². The molecule has 132 valence electrons. The van der Waals surface area contributed by atoms with Gasteiger partial charge >= 0.3 is 5.76 Å². The summed E-state index contributed by atoms with van der Waals surface area (Å²) in [6, 6.07) is 13.0. The van der Waals surface area contributed by atoms with Crippen molar-refractivity contribution in [3.63, 3.8) is 0 Å². The average Bonchev–Trinajstić information content (AvgIpc) is 2.99. The topological polar surface area (TPSA) is 113 Å². The number of benzene rings is 2. The summed E-state index contributed by atoms with van der Waals surface area (Å²) in [6.45, 7) is 0. The van der Waals surface area contributed by atoms with Crippen LogP contribution in [-0.2, 0) is 15.6 Å². The molecule has 26 heavy (non-hydrogen) atoms. The number of hydrogen-bond acceptors (Lipinski definition) is 6. The molecule has 0 bridgehead atoms. The largest absolute Gasteiger partial charge is 0.497 e. The summed E-state index contributed by atoms with van der Waals surface area (Å²) in [4.78, 5) is 13.3. The van der Waals surface area contributed by atoms with Gasteiger partial charge in [0, 0.05) is 0 Å². The van der Waals surface area contributed by atoms with Crippen LogP contribution in [0.2, 0.25) is 0 Å². The van der Waals surface area contributed by atoms with Crippen molar-refractivity contribution < 1.29 is 17.6 Å². The van der Waals surface area contributed by atoms with Crippen LogP contribution >= 0.6 is 0 Å². The Kier molecular flexibility index (Phi) is 4.65. The fourth-order valence-corrected chi connectivity index (χ4v) is 3.66. The number of allylic oxidation sites excluding steroid dienone is 1. The Morgan fingerprint density at radius 2 is 2.00 bits per heavy atom. The van der Waals surface area contributed by atoms with Gasteiger partial charge in [0.1, 0.15) is 16.7 Å². The lowest BCUT2D eigenvalue weighted by atomic mass is 10.2. The van der Waals surface area contributed by atoms with Gasteiger partial charge in [-0.1, -0.05) is 18.2 Å². The van der Waals surface area contributed by atoms with Crippen molar-refractivity contribution in [3.05, 3.63) is 69.0 Å². The van der Waals surface area contributed by atoms with Crippen molar-refractivity contribution in [2.45, 2.75) is 5.75 Å². The first-order chi connectivity index (χ1) is 12.4. The molecule has 2 aromatic carbocycles. The van der Waals surface area contributed by atoms with E-state index in [2.05, 4.69) is 4.98 Å². The number of methoxy groups -OCH3 is 1. The van der Waals surface area contributed by atoms with Crippen LogP contribution in [0.3, 0.4) is 0 Å². The van der Waals surface area contributed by atoms with Crippen LogP contribution in [0, 0.1) is 11.3 Å².